The maximum atomic E-state index is 2.56. The summed E-state index contributed by atoms with van der Waals surface area (Å²) in [6.45, 7) is 9.37. The number of rotatable bonds is 6. The second-order valence-electron chi connectivity index (χ2n) is 10.7. The summed E-state index contributed by atoms with van der Waals surface area (Å²) in [5.74, 6) is 0.489. The summed E-state index contributed by atoms with van der Waals surface area (Å²) in [7, 11) is 0. The van der Waals surface area contributed by atoms with Crippen LogP contribution in [0.2, 0.25) is 0 Å². The Morgan fingerprint density at radius 1 is 0.675 bits per heavy atom. The Bertz CT molecular complexity index is 1500. The summed E-state index contributed by atoms with van der Waals surface area (Å²) in [6, 6.07) is 37.3. The third-order valence-corrected chi connectivity index (χ3v) is 17.7. The van der Waals surface area contributed by atoms with Crippen molar-refractivity contribution in [2.75, 3.05) is 0 Å². The Labute approximate surface area is 260 Å². The first-order valence-electron chi connectivity index (χ1n) is 14.1. The Balaban J connectivity index is 0.00000185. The fraction of sp³-hybridized carbons (Fsp3) is 0.216. The molecule has 1 atom stereocenters. The molecule has 0 radical (unpaired) electrons. The Kier molecular flexibility index (Phi) is 10.1. The molecule has 0 aromatic heterocycles. The first kappa shape index (κ1) is 30.6. The molecule has 0 fully saturated rings. The molecule has 40 heavy (non-hydrogen) atoms. The van der Waals surface area contributed by atoms with Crippen molar-refractivity contribution in [2.45, 2.75) is 44.2 Å². The Hall–Kier alpha value is -2.31. The molecule has 3 heteroatoms. The van der Waals surface area contributed by atoms with E-state index in [0.29, 0.717) is 9.54 Å². The summed E-state index contributed by atoms with van der Waals surface area (Å²) in [4.78, 5) is 0. The van der Waals surface area contributed by atoms with Crippen LogP contribution in [0.1, 0.15) is 64.7 Å². The molecule has 0 saturated heterocycles. The van der Waals surface area contributed by atoms with Gasteiger partial charge in [0.15, 0.2) is 0 Å². The van der Waals surface area contributed by atoms with Gasteiger partial charge >= 0.3 is 237 Å². The van der Waals surface area contributed by atoms with E-state index in [2.05, 4.69) is 137 Å². The van der Waals surface area contributed by atoms with Gasteiger partial charge in [0.25, 0.3) is 0 Å². The van der Waals surface area contributed by atoms with Gasteiger partial charge in [0.1, 0.15) is 0 Å². The normalized spacial score (nSPS) is 15.0. The van der Waals surface area contributed by atoms with Crippen LogP contribution in [0.5, 0.6) is 0 Å². The van der Waals surface area contributed by atoms with Gasteiger partial charge in [-0.1, -0.05) is 0 Å². The fourth-order valence-electron chi connectivity index (χ4n) is 6.52. The van der Waals surface area contributed by atoms with Gasteiger partial charge in [-0.2, -0.15) is 0 Å². The van der Waals surface area contributed by atoms with Gasteiger partial charge in [0.05, 0.1) is 0 Å². The molecule has 0 saturated carbocycles. The van der Waals surface area contributed by atoms with Crippen molar-refractivity contribution >= 4 is 3.21 Å². The average molecular weight is 643 g/mol. The zero-order valence-corrected chi connectivity index (χ0v) is 27.7. The van der Waals surface area contributed by atoms with Gasteiger partial charge in [0.2, 0.25) is 0 Å². The molecule has 0 aliphatic heterocycles. The van der Waals surface area contributed by atoms with E-state index in [9.17, 15) is 0 Å². The molecule has 2 aliphatic carbocycles. The second kappa shape index (κ2) is 13.1. The van der Waals surface area contributed by atoms with Gasteiger partial charge in [-0.15, -0.1) is 0 Å². The summed E-state index contributed by atoms with van der Waals surface area (Å²) < 4.78 is 3.84. The zero-order valence-electron chi connectivity index (χ0n) is 23.7. The van der Waals surface area contributed by atoms with Crippen LogP contribution in [0.15, 0.2) is 118 Å². The van der Waals surface area contributed by atoms with E-state index in [1.807, 2.05) is 0 Å². The molecule has 6 rings (SSSR count). The van der Waals surface area contributed by atoms with Crippen LogP contribution in [0, 0.1) is 5.92 Å². The minimum atomic E-state index is -2.68. The van der Waals surface area contributed by atoms with Crippen LogP contribution >= 0.6 is 0 Å². The topological polar surface area (TPSA) is 0 Å². The van der Waals surface area contributed by atoms with Crippen LogP contribution in [-0.2, 0) is 34.1 Å². The second-order valence-corrected chi connectivity index (χ2v) is 16.8. The quantitative estimate of drug-likeness (QED) is 0.303. The maximum absolute atomic E-state index is 2.68. The SMILES string of the molecule is CCc1ccc2c(c1)[CH]([Zr+2]([C]1=C(C)C=CC1C)=[C](c1ccccc1)c1ccccc1)c1cc(CC)ccc1-2.[Cl-].[Cl-]. The molecule has 0 N–H and O–H groups in total. The monoisotopic (exact) mass is 640 g/mol. The van der Waals surface area contributed by atoms with E-state index in [1.54, 1.807) is 17.6 Å². The fourth-order valence-corrected chi connectivity index (χ4v) is 16.4. The molecule has 0 bridgehead atoms. The minimum Gasteiger partial charge on any atom is -1.00 e. The number of allylic oxidation sites excluding steroid dienone is 4. The zero-order chi connectivity index (χ0) is 26.2. The van der Waals surface area contributed by atoms with E-state index >= 15 is 0 Å². The van der Waals surface area contributed by atoms with E-state index in [1.165, 1.54) is 39.0 Å². The van der Waals surface area contributed by atoms with Gasteiger partial charge < -0.3 is 24.8 Å². The number of hydrogen-bond acceptors (Lipinski definition) is 0. The molecule has 0 heterocycles. The first-order chi connectivity index (χ1) is 18.6. The molecule has 202 valence electrons. The number of halogens is 2. The molecule has 0 spiro atoms. The van der Waals surface area contributed by atoms with Crippen molar-refractivity contribution in [3.05, 3.63) is 151 Å². The van der Waals surface area contributed by atoms with Gasteiger partial charge in [-0.05, 0) is 0 Å². The molecular weight excluding hydrogens is 607 g/mol. The number of aryl methyl sites for hydroxylation is 2. The van der Waals surface area contributed by atoms with Crippen LogP contribution in [0.4, 0.5) is 0 Å². The number of hydrogen-bond donors (Lipinski definition) is 0. The van der Waals surface area contributed by atoms with Crippen LogP contribution in [-0.4, -0.2) is 3.21 Å². The predicted molar refractivity (Wildman–Crippen MR) is 160 cm³/mol. The average Bonchev–Trinajstić information content (AvgIpc) is 3.47. The molecule has 0 nitrogen and oxygen atoms in total. The number of benzene rings is 4. The van der Waals surface area contributed by atoms with Crippen molar-refractivity contribution in [3.63, 3.8) is 0 Å². The van der Waals surface area contributed by atoms with Crippen molar-refractivity contribution < 1.29 is 46.1 Å². The van der Waals surface area contributed by atoms with Crippen molar-refractivity contribution in [1.82, 2.24) is 0 Å². The number of fused-ring (bicyclic) bond motifs is 3. The van der Waals surface area contributed by atoms with Crippen LogP contribution in [0.3, 0.4) is 0 Å². The molecule has 2 aliphatic rings. The van der Waals surface area contributed by atoms with Gasteiger partial charge in [-0.3, -0.25) is 0 Å². The van der Waals surface area contributed by atoms with Crippen molar-refractivity contribution in [1.29, 1.82) is 0 Å². The third-order valence-electron chi connectivity index (χ3n) is 8.45. The summed E-state index contributed by atoms with van der Waals surface area (Å²) in [6.07, 6.45) is 6.99. The summed E-state index contributed by atoms with van der Waals surface area (Å²) >= 11 is -2.68. The standard InChI is InChI=1S/C17H17.C13H10.C7H9.2ClH.Zr/c1-3-12-5-7-16-14(9-12)11-15-10-13(4-2)6-8-17(15)16;1-3-7-12(8-4-1)11-13-9-5-2-6-10-13;1-6-3-4-7(2)5-6;;;/h5-11H,3-4H2,1-2H3;1-10H;3-4,6H,1-2H3;2*1H;/q;;;;;+2/p-2. The molecule has 4 aromatic rings. The summed E-state index contributed by atoms with van der Waals surface area (Å²) in [5.41, 5.74) is 13.3. The van der Waals surface area contributed by atoms with Crippen LogP contribution < -0.4 is 24.8 Å². The van der Waals surface area contributed by atoms with Crippen molar-refractivity contribution in [2.24, 2.45) is 5.92 Å². The van der Waals surface area contributed by atoms with E-state index in [0.717, 1.165) is 12.8 Å². The third kappa shape index (κ3) is 5.46. The first-order valence-corrected chi connectivity index (χ1v) is 18.0. The molecule has 4 aromatic carbocycles. The molecule has 0 amide bonds. The van der Waals surface area contributed by atoms with E-state index in [-0.39, 0.29) is 24.8 Å². The predicted octanol–water partition coefficient (Wildman–Crippen LogP) is 3.26. The molecule has 1 unspecified atom stereocenters. The van der Waals surface area contributed by atoms with Crippen molar-refractivity contribution in [3.8, 4) is 11.1 Å². The van der Waals surface area contributed by atoms with Gasteiger partial charge in [-0.25, -0.2) is 0 Å². The minimum absolute atomic E-state index is 0. The Morgan fingerprint density at radius 2 is 1.15 bits per heavy atom. The smallest absolute Gasteiger partial charge is 1.00 e. The van der Waals surface area contributed by atoms with E-state index in [4.69, 9.17) is 0 Å². The maximum Gasteiger partial charge on any atom is -1.00 e. The summed E-state index contributed by atoms with van der Waals surface area (Å²) in [5, 5.41) is 0. The molecular formula is C37H36Cl2Zr. The van der Waals surface area contributed by atoms with E-state index < -0.39 is 21.3 Å². The van der Waals surface area contributed by atoms with Gasteiger partial charge in [0, 0.05) is 0 Å². The Morgan fingerprint density at radius 3 is 1.55 bits per heavy atom. The largest absolute Gasteiger partial charge is 1.00 e. The van der Waals surface area contributed by atoms with Crippen LogP contribution in [0.25, 0.3) is 11.1 Å².